The number of H-pyrrole nitrogens is 1. The second kappa shape index (κ2) is 14.4. The second-order valence-electron chi connectivity index (χ2n) is 11.0. The van der Waals surface area contributed by atoms with Gasteiger partial charge in [0, 0.05) is 13.0 Å². The van der Waals surface area contributed by atoms with Crippen molar-refractivity contribution in [3.8, 4) is 11.1 Å². The molecule has 0 aliphatic rings. The molecule has 11 heteroatoms. The third-order valence-corrected chi connectivity index (χ3v) is 6.34. The van der Waals surface area contributed by atoms with E-state index in [9.17, 15) is 24.6 Å². The average molecular weight is 590 g/mol. The SMILES string of the molecule is CCCCc1nc(CO)c(C(=O)O)n1Cc1ccc(-c2ccccc2C(=O)OC(C)(C)C)cc1.Cc1ncc(C(N)=O)[nH]1. The van der Waals surface area contributed by atoms with E-state index in [4.69, 9.17) is 10.5 Å². The van der Waals surface area contributed by atoms with E-state index in [0.717, 1.165) is 29.5 Å². The molecule has 11 nitrogen and oxygen atoms in total. The van der Waals surface area contributed by atoms with E-state index < -0.39 is 24.1 Å². The van der Waals surface area contributed by atoms with Crippen molar-refractivity contribution in [2.24, 2.45) is 5.73 Å². The summed E-state index contributed by atoms with van der Waals surface area (Å²) in [7, 11) is 0. The van der Waals surface area contributed by atoms with Crippen LogP contribution in [0.2, 0.25) is 0 Å². The van der Waals surface area contributed by atoms with Gasteiger partial charge >= 0.3 is 11.9 Å². The zero-order valence-electron chi connectivity index (χ0n) is 25.2. The van der Waals surface area contributed by atoms with Crippen LogP contribution in [0, 0.1) is 6.92 Å². The summed E-state index contributed by atoms with van der Waals surface area (Å²) in [6, 6.07) is 15.0. The predicted octanol–water partition coefficient (Wildman–Crippen LogP) is 4.90. The van der Waals surface area contributed by atoms with Crippen LogP contribution in [0.3, 0.4) is 0 Å². The zero-order valence-corrected chi connectivity index (χ0v) is 25.2. The number of esters is 1. The lowest BCUT2D eigenvalue weighted by atomic mass is 9.98. The second-order valence-corrected chi connectivity index (χ2v) is 11.0. The molecule has 228 valence electrons. The van der Waals surface area contributed by atoms with Gasteiger partial charge in [0.05, 0.1) is 24.1 Å². The van der Waals surface area contributed by atoms with Gasteiger partial charge in [-0.2, -0.15) is 0 Å². The molecule has 1 amide bonds. The zero-order chi connectivity index (χ0) is 31.7. The molecule has 0 saturated carbocycles. The monoisotopic (exact) mass is 589 g/mol. The molecule has 43 heavy (non-hydrogen) atoms. The molecule has 0 spiro atoms. The number of carbonyl (C=O) groups excluding carboxylic acids is 2. The normalized spacial score (nSPS) is 11.0. The van der Waals surface area contributed by atoms with Crippen LogP contribution in [0.4, 0.5) is 0 Å². The Bertz CT molecular complexity index is 1560. The van der Waals surface area contributed by atoms with E-state index in [-0.39, 0.29) is 17.4 Å². The van der Waals surface area contributed by atoms with Crippen LogP contribution < -0.4 is 5.73 Å². The van der Waals surface area contributed by atoms with E-state index in [1.54, 1.807) is 23.6 Å². The highest BCUT2D eigenvalue weighted by Crippen LogP contribution is 2.27. The summed E-state index contributed by atoms with van der Waals surface area (Å²) in [6.45, 7) is 9.22. The summed E-state index contributed by atoms with van der Waals surface area (Å²) in [5, 5.41) is 19.4. The summed E-state index contributed by atoms with van der Waals surface area (Å²) in [6.07, 6.45) is 3.88. The first-order valence-corrected chi connectivity index (χ1v) is 14.0. The van der Waals surface area contributed by atoms with Gasteiger partial charge in [-0.15, -0.1) is 0 Å². The fourth-order valence-corrected chi connectivity index (χ4v) is 4.36. The van der Waals surface area contributed by atoms with Crippen molar-refractivity contribution in [1.29, 1.82) is 0 Å². The van der Waals surface area contributed by atoms with Crippen LogP contribution in [0.15, 0.2) is 54.7 Å². The number of aromatic nitrogens is 4. The van der Waals surface area contributed by atoms with E-state index in [0.29, 0.717) is 35.9 Å². The standard InChI is InChI=1S/C27H32N2O5.C5H7N3O/c1-5-6-11-23-28-22(17-30)24(25(31)32)29(23)16-18-12-14-19(15-13-18)20-9-7-8-10-21(20)26(33)34-27(2,3)4;1-3-7-2-4(8-3)5(6)9/h7-10,12-15,30H,5-6,11,16-17H2,1-4H3,(H,31,32);2H,1H3,(H2,6,9)(H,7,8). The molecular formula is C32H39N5O6. The van der Waals surface area contributed by atoms with Crippen LogP contribution in [0.25, 0.3) is 11.1 Å². The lowest BCUT2D eigenvalue weighted by Gasteiger charge is -2.20. The Kier molecular flexibility index (Phi) is 11.0. The summed E-state index contributed by atoms with van der Waals surface area (Å²) >= 11 is 0. The molecule has 2 heterocycles. The van der Waals surface area contributed by atoms with E-state index in [2.05, 4.69) is 21.9 Å². The molecule has 5 N–H and O–H groups in total. The molecule has 2 aromatic heterocycles. The minimum absolute atomic E-state index is 0.0213. The van der Waals surface area contributed by atoms with Crippen molar-refractivity contribution in [2.45, 2.75) is 72.6 Å². The Hall–Kier alpha value is -4.77. The number of carboxylic acid groups (broad SMARTS) is 1. The van der Waals surface area contributed by atoms with Crippen LogP contribution in [-0.2, 0) is 24.3 Å². The van der Waals surface area contributed by atoms with Crippen molar-refractivity contribution >= 4 is 17.8 Å². The topological polar surface area (TPSA) is 173 Å². The van der Waals surface area contributed by atoms with Gasteiger partial charge in [0.2, 0.25) is 0 Å². The van der Waals surface area contributed by atoms with Gasteiger partial charge in [0.25, 0.3) is 5.91 Å². The number of rotatable bonds is 10. The summed E-state index contributed by atoms with van der Waals surface area (Å²) in [5.41, 5.74) is 7.88. The van der Waals surface area contributed by atoms with Gasteiger partial charge in [-0.25, -0.2) is 19.6 Å². The first kappa shape index (κ1) is 32.7. The minimum Gasteiger partial charge on any atom is -0.477 e. The number of nitrogens with two attached hydrogens (primary N) is 1. The molecule has 0 radical (unpaired) electrons. The van der Waals surface area contributed by atoms with Crippen molar-refractivity contribution in [1.82, 2.24) is 19.5 Å². The molecule has 0 unspecified atom stereocenters. The minimum atomic E-state index is -1.11. The number of unbranched alkanes of at least 4 members (excludes halogenated alkanes) is 1. The summed E-state index contributed by atoms with van der Waals surface area (Å²) in [5.74, 6) is -0.613. The first-order chi connectivity index (χ1) is 20.3. The Labute approximate surface area is 250 Å². The molecule has 0 saturated heterocycles. The number of aryl methyl sites for hydroxylation is 2. The van der Waals surface area contributed by atoms with E-state index >= 15 is 0 Å². The number of nitrogens with zero attached hydrogens (tertiary/aromatic N) is 3. The predicted molar refractivity (Wildman–Crippen MR) is 162 cm³/mol. The summed E-state index contributed by atoms with van der Waals surface area (Å²) < 4.78 is 7.23. The van der Waals surface area contributed by atoms with E-state index in [1.807, 2.05) is 57.2 Å². The molecule has 0 aliphatic heterocycles. The number of aliphatic hydroxyl groups is 1. The number of hydrogen-bond acceptors (Lipinski definition) is 7. The molecule has 0 bridgehead atoms. The maximum absolute atomic E-state index is 12.7. The number of amides is 1. The Morgan fingerprint density at radius 3 is 2.26 bits per heavy atom. The number of nitrogens with one attached hydrogen (secondary N) is 1. The van der Waals surface area contributed by atoms with Gasteiger partial charge in [0.15, 0.2) is 5.69 Å². The lowest BCUT2D eigenvalue weighted by molar-refractivity contribution is 0.00701. The number of ether oxygens (including phenoxy) is 1. The smallest absolute Gasteiger partial charge is 0.354 e. The number of carboxylic acids is 1. The molecule has 4 rings (SSSR count). The highest BCUT2D eigenvalue weighted by molar-refractivity contribution is 5.97. The molecular weight excluding hydrogens is 550 g/mol. The number of aromatic amines is 1. The Morgan fingerprint density at radius 1 is 1.07 bits per heavy atom. The van der Waals surface area contributed by atoms with Gasteiger partial charge in [-0.1, -0.05) is 55.8 Å². The van der Waals surface area contributed by atoms with Gasteiger partial charge in [-0.3, -0.25) is 4.79 Å². The van der Waals surface area contributed by atoms with Crippen molar-refractivity contribution in [3.05, 3.63) is 94.6 Å². The number of imidazole rings is 2. The highest BCUT2D eigenvalue weighted by Gasteiger charge is 2.23. The van der Waals surface area contributed by atoms with Gasteiger partial charge < -0.3 is 30.2 Å². The third-order valence-electron chi connectivity index (χ3n) is 6.34. The highest BCUT2D eigenvalue weighted by atomic mass is 16.6. The Balaban J connectivity index is 0.000000480. The fraction of sp³-hybridized carbons (Fsp3) is 0.344. The molecule has 2 aromatic carbocycles. The number of benzene rings is 2. The average Bonchev–Trinajstić information content (AvgIpc) is 3.55. The molecule has 0 aliphatic carbocycles. The first-order valence-electron chi connectivity index (χ1n) is 14.0. The van der Waals surface area contributed by atoms with Crippen molar-refractivity contribution in [3.63, 3.8) is 0 Å². The number of carbonyl (C=O) groups is 3. The van der Waals surface area contributed by atoms with Gasteiger partial charge in [-0.05, 0) is 56.9 Å². The third kappa shape index (κ3) is 8.86. The van der Waals surface area contributed by atoms with Crippen LogP contribution in [-0.4, -0.2) is 53.2 Å². The fourth-order valence-electron chi connectivity index (χ4n) is 4.36. The quantitative estimate of drug-likeness (QED) is 0.189. The van der Waals surface area contributed by atoms with Crippen LogP contribution in [0.5, 0.6) is 0 Å². The summed E-state index contributed by atoms with van der Waals surface area (Å²) in [4.78, 5) is 45.8. The maximum atomic E-state index is 12.7. The van der Waals surface area contributed by atoms with E-state index in [1.165, 1.54) is 6.20 Å². The molecule has 0 atom stereocenters. The Morgan fingerprint density at radius 2 is 1.74 bits per heavy atom. The largest absolute Gasteiger partial charge is 0.477 e. The lowest BCUT2D eigenvalue weighted by Crippen LogP contribution is -2.24. The van der Waals surface area contributed by atoms with Crippen molar-refractivity contribution < 1.29 is 29.3 Å². The molecule has 4 aromatic rings. The number of aliphatic hydroxyl groups excluding tert-OH is 1. The number of aromatic carboxylic acids is 1. The van der Waals surface area contributed by atoms with Crippen LogP contribution in [0.1, 0.15) is 94.8 Å². The number of primary amides is 1. The van der Waals surface area contributed by atoms with Gasteiger partial charge in [0.1, 0.15) is 22.9 Å². The molecule has 0 fully saturated rings. The van der Waals surface area contributed by atoms with Crippen LogP contribution >= 0.6 is 0 Å². The maximum Gasteiger partial charge on any atom is 0.354 e. The number of hydrogen-bond donors (Lipinski definition) is 4. The van der Waals surface area contributed by atoms with Crippen molar-refractivity contribution in [2.75, 3.05) is 0 Å².